The fourth-order valence-electron chi connectivity index (χ4n) is 5.55. The van der Waals surface area contributed by atoms with E-state index in [1.165, 1.54) is 0 Å². The van der Waals surface area contributed by atoms with Gasteiger partial charge in [-0.25, -0.2) is 0 Å². The van der Waals surface area contributed by atoms with E-state index in [1.54, 1.807) is 0 Å². The quantitative estimate of drug-likeness (QED) is 0.163. The van der Waals surface area contributed by atoms with E-state index in [0.717, 1.165) is 58.6 Å². The van der Waals surface area contributed by atoms with Crippen molar-refractivity contribution in [2.75, 3.05) is 20.1 Å². The number of carbonyl (C=O) groups is 1. The lowest BCUT2D eigenvalue weighted by atomic mass is 9.90. The molecule has 0 bridgehead atoms. The number of hydrogen-bond acceptors (Lipinski definition) is 6. The minimum Gasteiger partial charge on any atom is -0.392 e. The second kappa shape index (κ2) is 15.7. The summed E-state index contributed by atoms with van der Waals surface area (Å²) < 4.78 is 11.3. The van der Waals surface area contributed by atoms with Gasteiger partial charge in [-0.15, -0.1) is 0 Å². The molecule has 7 nitrogen and oxygen atoms in total. The molecule has 1 fully saturated rings. The minimum atomic E-state index is -2.01. The molecule has 0 radical (unpaired) electrons. The Morgan fingerprint density at radius 1 is 0.913 bits per heavy atom. The Hall–Kier alpha value is -3.01. The van der Waals surface area contributed by atoms with Gasteiger partial charge >= 0.3 is 0 Å². The number of likely N-dealkylation sites (N-methyl/N-ethyl adjacent to an activating group) is 1. The van der Waals surface area contributed by atoms with Crippen molar-refractivity contribution in [2.45, 2.75) is 48.8 Å². The number of amides is 1. The number of ether oxygens (including phenoxy) is 2. The van der Waals surface area contributed by atoms with Gasteiger partial charge in [-0.05, 0) is 53.1 Å². The zero-order valence-corrected chi connectivity index (χ0v) is 28.1. The molecule has 0 spiro atoms. The van der Waals surface area contributed by atoms with Crippen molar-refractivity contribution in [1.82, 2.24) is 15.2 Å². The number of hydrogen-bond donors (Lipinski definition) is 2. The Balaban J connectivity index is 1.32. The molecule has 0 aliphatic carbocycles. The number of pyridine rings is 1. The molecule has 1 aliphatic rings. The number of alkyl halides is 3. The molecule has 3 aromatic carbocycles. The number of aliphatic hydroxyl groups excluding tert-OH is 1. The monoisotopic (exact) mass is 681 g/mol. The molecule has 4 unspecified atom stereocenters. The zero-order chi connectivity index (χ0) is 32.7. The summed E-state index contributed by atoms with van der Waals surface area (Å²) in [6.45, 7) is 3.99. The van der Waals surface area contributed by atoms with Gasteiger partial charge in [-0.2, -0.15) is 0 Å². The first kappa shape index (κ1) is 34.3. The van der Waals surface area contributed by atoms with Crippen LogP contribution in [-0.4, -0.2) is 50.9 Å². The van der Waals surface area contributed by atoms with Crippen LogP contribution in [0.5, 0.6) is 0 Å². The average molecular weight is 683 g/mol. The summed E-state index contributed by atoms with van der Waals surface area (Å²) in [5, 5.41) is 12.2. The largest absolute Gasteiger partial charge is 0.392 e. The van der Waals surface area contributed by atoms with E-state index in [9.17, 15) is 9.90 Å². The van der Waals surface area contributed by atoms with E-state index in [2.05, 4.69) is 29.2 Å². The van der Waals surface area contributed by atoms with Crippen molar-refractivity contribution in [3.63, 3.8) is 0 Å². The molecule has 1 aromatic heterocycles. The Kier molecular flexibility index (Phi) is 11.7. The predicted octanol–water partition coefficient (Wildman–Crippen LogP) is 7.19. The number of benzene rings is 3. The molecule has 10 heteroatoms. The van der Waals surface area contributed by atoms with Gasteiger partial charge in [0, 0.05) is 49.4 Å². The molecule has 4 aromatic rings. The maximum absolute atomic E-state index is 12.0. The van der Waals surface area contributed by atoms with Crippen LogP contribution in [0.1, 0.15) is 47.3 Å². The van der Waals surface area contributed by atoms with Crippen LogP contribution in [0.2, 0.25) is 0 Å². The molecule has 2 N–H and O–H groups in total. The number of nitrogens with one attached hydrogen (secondary N) is 1. The number of rotatable bonds is 11. The van der Waals surface area contributed by atoms with Crippen LogP contribution in [-0.2, 0) is 33.8 Å². The first-order chi connectivity index (χ1) is 22.1. The van der Waals surface area contributed by atoms with E-state index in [0.29, 0.717) is 0 Å². The second-order valence-corrected chi connectivity index (χ2v) is 13.9. The van der Waals surface area contributed by atoms with E-state index in [-0.39, 0.29) is 31.3 Å². The fourth-order valence-corrected chi connectivity index (χ4v) is 5.75. The maximum atomic E-state index is 12.0. The first-order valence-corrected chi connectivity index (χ1v) is 16.4. The lowest BCUT2D eigenvalue weighted by molar-refractivity contribution is -0.275. The van der Waals surface area contributed by atoms with E-state index in [1.807, 2.05) is 97.2 Å². The zero-order valence-electron chi connectivity index (χ0n) is 25.8. The molecule has 4 atom stereocenters. The lowest BCUT2D eigenvalue weighted by Gasteiger charge is -2.42. The molecule has 242 valence electrons. The second-order valence-electron chi connectivity index (χ2n) is 11.7. The van der Waals surface area contributed by atoms with Gasteiger partial charge in [0.1, 0.15) is 0 Å². The summed E-state index contributed by atoms with van der Waals surface area (Å²) in [6.07, 6.45) is 1.83. The highest BCUT2D eigenvalue weighted by atomic mass is 35.6. The van der Waals surface area contributed by atoms with Gasteiger partial charge in [0.15, 0.2) is 6.29 Å². The number of carbonyl (C=O) groups excluding carboxylic acids is 1. The number of aliphatic hydroxyl groups is 1. The molecule has 1 saturated heterocycles. The van der Waals surface area contributed by atoms with Crippen LogP contribution in [0.4, 0.5) is 0 Å². The summed E-state index contributed by atoms with van der Waals surface area (Å²) in [7, 11) is 2.11. The van der Waals surface area contributed by atoms with Crippen LogP contribution in [0.15, 0.2) is 97.2 Å². The molecular weight excluding hydrogens is 645 g/mol. The normalized spacial score (nSPS) is 20.1. The van der Waals surface area contributed by atoms with E-state index >= 15 is 0 Å². The maximum Gasteiger partial charge on any atom is 0.272 e. The summed E-state index contributed by atoms with van der Waals surface area (Å²) in [4.78, 5) is 18.7. The number of aromatic nitrogens is 1. The Labute approximate surface area is 285 Å². The van der Waals surface area contributed by atoms with Gasteiger partial charge in [0.25, 0.3) is 9.70 Å². The molecule has 46 heavy (non-hydrogen) atoms. The highest BCUT2D eigenvalue weighted by molar-refractivity contribution is 6.76. The van der Waals surface area contributed by atoms with Gasteiger partial charge in [-0.3, -0.25) is 9.78 Å². The minimum absolute atomic E-state index is 0.00433. The standard InChI is InChI=1S/C36H38Cl3N3O4/c1-24-32(22-42(2)19-17-31-8-3-4-18-40-31)45-34(46-33(24)28-11-9-25(23-43)10-12-28)29-15-13-27(14-16-29)30-7-5-6-26(20-30)21-41-35(44)36(37,38)39/h3-16,18,20,24,32-34,43H,17,19,21-23H2,1-2H3,(H,41,44). The third-order valence-electron chi connectivity index (χ3n) is 8.24. The first-order valence-electron chi connectivity index (χ1n) is 15.2. The highest BCUT2D eigenvalue weighted by Gasteiger charge is 2.38. The summed E-state index contributed by atoms with van der Waals surface area (Å²) in [5.41, 5.74) is 6.76. The molecule has 5 rings (SSSR count). The summed E-state index contributed by atoms with van der Waals surface area (Å²) >= 11 is 17.0. The van der Waals surface area contributed by atoms with Crippen LogP contribution in [0.3, 0.4) is 0 Å². The van der Waals surface area contributed by atoms with Gasteiger partial charge in [0.2, 0.25) is 0 Å². The smallest absolute Gasteiger partial charge is 0.272 e. The molecule has 2 heterocycles. The molecule has 0 saturated carbocycles. The van der Waals surface area contributed by atoms with Crippen LogP contribution in [0, 0.1) is 5.92 Å². The summed E-state index contributed by atoms with van der Waals surface area (Å²) in [6, 6.07) is 29.9. The SMILES string of the molecule is CC1C(CN(C)CCc2ccccn2)OC(c2ccc(-c3cccc(CNC(=O)C(Cl)(Cl)Cl)c3)cc2)OC1c1ccc(CO)cc1. The van der Waals surface area contributed by atoms with Crippen molar-refractivity contribution >= 4 is 40.7 Å². The third kappa shape index (κ3) is 9.07. The van der Waals surface area contributed by atoms with Crippen molar-refractivity contribution in [3.8, 4) is 11.1 Å². The highest BCUT2D eigenvalue weighted by Crippen LogP contribution is 2.42. The van der Waals surface area contributed by atoms with Crippen molar-refractivity contribution in [1.29, 1.82) is 0 Å². The Morgan fingerprint density at radius 2 is 1.65 bits per heavy atom. The lowest BCUT2D eigenvalue weighted by Crippen LogP contribution is -2.43. The van der Waals surface area contributed by atoms with Crippen LogP contribution < -0.4 is 5.32 Å². The molecule has 1 aliphatic heterocycles. The number of nitrogens with zero attached hydrogens (tertiary/aromatic N) is 2. The summed E-state index contributed by atoms with van der Waals surface area (Å²) in [5.74, 6) is -0.591. The van der Waals surface area contributed by atoms with E-state index in [4.69, 9.17) is 44.3 Å². The molecular formula is C36H38Cl3N3O4. The van der Waals surface area contributed by atoms with Crippen molar-refractivity contribution < 1.29 is 19.4 Å². The average Bonchev–Trinajstić information content (AvgIpc) is 3.07. The topological polar surface area (TPSA) is 83.9 Å². The predicted molar refractivity (Wildman–Crippen MR) is 182 cm³/mol. The Morgan fingerprint density at radius 3 is 2.33 bits per heavy atom. The van der Waals surface area contributed by atoms with Crippen molar-refractivity contribution in [2.24, 2.45) is 5.92 Å². The van der Waals surface area contributed by atoms with Gasteiger partial charge in [0.05, 0.1) is 18.8 Å². The van der Waals surface area contributed by atoms with Crippen LogP contribution in [0.25, 0.3) is 11.1 Å². The van der Waals surface area contributed by atoms with Gasteiger partial charge in [-0.1, -0.05) is 115 Å². The third-order valence-corrected chi connectivity index (χ3v) is 8.76. The Bertz CT molecular complexity index is 1570. The van der Waals surface area contributed by atoms with E-state index < -0.39 is 16.0 Å². The fraction of sp³-hybridized carbons (Fsp3) is 0.333. The van der Waals surface area contributed by atoms with Crippen LogP contribution >= 0.6 is 34.8 Å². The number of halogens is 3. The van der Waals surface area contributed by atoms with Gasteiger partial charge < -0.3 is 24.8 Å². The van der Waals surface area contributed by atoms with Crippen molar-refractivity contribution in [3.05, 3.63) is 125 Å². The molecule has 1 amide bonds.